The van der Waals surface area contributed by atoms with Crippen molar-refractivity contribution in [2.24, 2.45) is 5.92 Å². The maximum absolute atomic E-state index is 12.4. The maximum atomic E-state index is 12.4. The molecule has 0 atom stereocenters. The molecule has 0 spiro atoms. The van der Waals surface area contributed by atoms with Gasteiger partial charge in [0.1, 0.15) is 5.75 Å². The minimum atomic E-state index is -0.214. The van der Waals surface area contributed by atoms with Gasteiger partial charge in [-0.3, -0.25) is 9.59 Å². The third-order valence-corrected chi connectivity index (χ3v) is 5.20. The van der Waals surface area contributed by atoms with Gasteiger partial charge in [-0.05, 0) is 59.0 Å². The summed E-state index contributed by atoms with van der Waals surface area (Å²) in [7, 11) is 0. The number of ether oxygens (including phenoxy) is 1. The first-order valence-electron chi connectivity index (χ1n) is 10.3. The summed E-state index contributed by atoms with van der Waals surface area (Å²) in [5, 5.41) is 5.11. The van der Waals surface area contributed by atoms with Crippen molar-refractivity contribution in [3.63, 3.8) is 0 Å². The lowest BCUT2D eigenvalue weighted by atomic mass is 9.99. The van der Waals surface area contributed by atoms with Gasteiger partial charge in [0.2, 0.25) is 5.91 Å². The fraction of sp³-hybridized carbons (Fsp3) is 0.280. The number of carbonyl (C=O) groups is 2. The molecule has 0 saturated carbocycles. The second-order valence-electron chi connectivity index (χ2n) is 8.09. The van der Waals surface area contributed by atoms with E-state index in [1.807, 2.05) is 65.6 Å². The monoisotopic (exact) mass is 402 g/mol. The van der Waals surface area contributed by atoms with Gasteiger partial charge in [-0.1, -0.05) is 44.2 Å². The van der Waals surface area contributed by atoms with Crippen molar-refractivity contribution in [2.75, 3.05) is 23.4 Å². The summed E-state index contributed by atoms with van der Waals surface area (Å²) < 4.78 is 5.67. The normalized spacial score (nSPS) is 13.4. The molecule has 2 amide bonds. The number of amides is 2. The average Bonchev–Trinajstić information content (AvgIpc) is 2.74. The Morgan fingerprint density at radius 2 is 1.83 bits per heavy atom. The van der Waals surface area contributed by atoms with Gasteiger partial charge >= 0.3 is 0 Å². The largest absolute Gasteiger partial charge is 0.484 e. The Hall–Kier alpha value is -3.34. The van der Waals surface area contributed by atoms with Crippen LogP contribution in [-0.4, -0.2) is 25.0 Å². The molecule has 0 aliphatic carbocycles. The topological polar surface area (TPSA) is 58.6 Å². The van der Waals surface area contributed by atoms with Gasteiger partial charge in [0.15, 0.2) is 6.61 Å². The molecule has 5 heteroatoms. The summed E-state index contributed by atoms with van der Waals surface area (Å²) in [4.78, 5) is 26.5. The lowest BCUT2D eigenvalue weighted by Gasteiger charge is -2.31. The second kappa shape index (κ2) is 8.57. The third-order valence-electron chi connectivity index (χ3n) is 5.20. The highest BCUT2D eigenvalue weighted by molar-refractivity contribution is 5.98. The highest BCUT2D eigenvalue weighted by Gasteiger charge is 2.24. The van der Waals surface area contributed by atoms with Crippen LogP contribution in [0.5, 0.6) is 5.75 Å². The summed E-state index contributed by atoms with van der Waals surface area (Å²) >= 11 is 0. The Morgan fingerprint density at radius 1 is 1.03 bits per heavy atom. The molecule has 1 N–H and O–H groups in total. The van der Waals surface area contributed by atoms with Crippen molar-refractivity contribution >= 4 is 34.0 Å². The Kier molecular flexibility index (Phi) is 5.70. The van der Waals surface area contributed by atoms with Crippen molar-refractivity contribution in [3.8, 4) is 5.75 Å². The van der Waals surface area contributed by atoms with E-state index in [1.54, 1.807) is 0 Å². The summed E-state index contributed by atoms with van der Waals surface area (Å²) in [6, 6.07) is 19.5. The molecule has 154 valence electrons. The van der Waals surface area contributed by atoms with Gasteiger partial charge < -0.3 is 15.0 Å². The summed E-state index contributed by atoms with van der Waals surface area (Å²) in [5.74, 6) is 1.01. The van der Waals surface area contributed by atoms with E-state index >= 15 is 0 Å². The van der Waals surface area contributed by atoms with Crippen LogP contribution in [0.4, 0.5) is 11.4 Å². The molecule has 0 radical (unpaired) electrons. The molecule has 1 heterocycles. The van der Waals surface area contributed by atoms with E-state index in [2.05, 4.69) is 19.2 Å². The molecule has 1 aliphatic heterocycles. The Labute approximate surface area is 176 Å². The van der Waals surface area contributed by atoms with Crippen molar-refractivity contribution < 1.29 is 14.3 Å². The van der Waals surface area contributed by atoms with Crippen molar-refractivity contribution in [3.05, 3.63) is 66.2 Å². The lowest BCUT2D eigenvalue weighted by Crippen LogP contribution is -2.37. The minimum absolute atomic E-state index is 0.0621. The van der Waals surface area contributed by atoms with Gasteiger partial charge in [-0.15, -0.1) is 0 Å². The number of nitrogens with zero attached hydrogens (tertiary/aromatic N) is 1. The first-order chi connectivity index (χ1) is 14.5. The van der Waals surface area contributed by atoms with Crippen LogP contribution in [0.2, 0.25) is 0 Å². The van der Waals surface area contributed by atoms with Crippen LogP contribution in [0.25, 0.3) is 10.8 Å². The second-order valence-corrected chi connectivity index (χ2v) is 8.09. The Morgan fingerprint density at radius 3 is 2.63 bits per heavy atom. The standard InChI is InChI=1S/C25H26N2O3/c1-17(2)15-27-23-11-9-21(13-20(23)8-12-25(27)29)26-24(28)16-30-22-10-7-18-5-3-4-6-19(18)14-22/h3-7,9-11,13-14,17H,8,12,15-16H2,1-2H3,(H,26,28). The van der Waals surface area contributed by atoms with Crippen LogP contribution in [0, 0.1) is 5.92 Å². The number of fused-ring (bicyclic) bond motifs is 2. The zero-order valence-electron chi connectivity index (χ0n) is 17.4. The highest BCUT2D eigenvalue weighted by Crippen LogP contribution is 2.31. The zero-order valence-corrected chi connectivity index (χ0v) is 17.4. The average molecular weight is 402 g/mol. The maximum Gasteiger partial charge on any atom is 0.262 e. The van der Waals surface area contributed by atoms with Crippen LogP contribution < -0.4 is 15.0 Å². The Bertz CT molecular complexity index is 1090. The van der Waals surface area contributed by atoms with E-state index in [0.717, 1.165) is 27.7 Å². The summed E-state index contributed by atoms with van der Waals surface area (Å²) in [6.07, 6.45) is 1.20. The number of hydrogen-bond acceptors (Lipinski definition) is 3. The number of benzene rings is 3. The van der Waals surface area contributed by atoms with E-state index in [-0.39, 0.29) is 18.4 Å². The first kappa shape index (κ1) is 20.0. The van der Waals surface area contributed by atoms with Gasteiger partial charge in [-0.25, -0.2) is 0 Å². The highest BCUT2D eigenvalue weighted by atomic mass is 16.5. The fourth-order valence-electron chi connectivity index (χ4n) is 3.81. The minimum Gasteiger partial charge on any atom is -0.484 e. The predicted molar refractivity (Wildman–Crippen MR) is 120 cm³/mol. The molecule has 30 heavy (non-hydrogen) atoms. The van der Waals surface area contributed by atoms with E-state index in [1.165, 1.54) is 0 Å². The first-order valence-corrected chi connectivity index (χ1v) is 10.3. The van der Waals surface area contributed by atoms with Crippen LogP contribution in [0.1, 0.15) is 25.8 Å². The number of aryl methyl sites for hydroxylation is 1. The number of carbonyl (C=O) groups excluding carboxylic acids is 2. The number of hydrogen-bond donors (Lipinski definition) is 1. The quantitative estimate of drug-likeness (QED) is 0.645. The van der Waals surface area contributed by atoms with Crippen LogP contribution in [0.3, 0.4) is 0 Å². The van der Waals surface area contributed by atoms with Crippen LogP contribution in [0.15, 0.2) is 60.7 Å². The summed E-state index contributed by atoms with van der Waals surface area (Å²) in [5.41, 5.74) is 2.76. The molecular weight excluding hydrogens is 376 g/mol. The molecule has 3 aromatic rings. The summed E-state index contributed by atoms with van der Waals surface area (Å²) in [6.45, 7) is 4.85. The van der Waals surface area contributed by atoms with Gasteiger partial charge in [0.05, 0.1) is 0 Å². The zero-order chi connectivity index (χ0) is 21.1. The Balaban J connectivity index is 1.40. The number of nitrogens with one attached hydrogen (secondary N) is 1. The lowest BCUT2D eigenvalue weighted by molar-refractivity contribution is -0.119. The van der Waals surface area contributed by atoms with Crippen LogP contribution in [-0.2, 0) is 16.0 Å². The molecular formula is C25H26N2O3. The third kappa shape index (κ3) is 4.46. The van der Waals surface area contributed by atoms with E-state index < -0.39 is 0 Å². The van der Waals surface area contributed by atoms with Crippen LogP contribution >= 0.6 is 0 Å². The van der Waals surface area contributed by atoms with E-state index in [0.29, 0.717) is 31.1 Å². The van der Waals surface area contributed by atoms with E-state index in [4.69, 9.17) is 4.74 Å². The molecule has 0 aromatic heterocycles. The molecule has 1 aliphatic rings. The number of rotatable bonds is 6. The van der Waals surface area contributed by atoms with Crippen molar-refractivity contribution in [1.29, 1.82) is 0 Å². The van der Waals surface area contributed by atoms with Gasteiger partial charge in [0, 0.05) is 24.3 Å². The van der Waals surface area contributed by atoms with Gasteiger partial charge in [-0.2, -0.15) is 0 Å². The van der Waals surface area contributed by atoms with Crippen molar-refractivity contribution in [1.82, 2.24) is 0 Å². The predicted octanol–water partition coefficient (Wildman–Crippen LogP) is 4.79. The SMILES string of the molecule is CC(C)CN1C(=O)CCc2cc(NC(=O)COc3ccc4ccccc4c3)ccc21. The van der Waals surface area contributed by atoms with Crippen molar-refractivity contribution in [2.45, 2.75) is 26.7 Å². The molecule has 0 fully saturated rings. The van der Waals surface area contributed by atoms with Gasteiger partial charge in [0.25, 0.3) is 5.91 Å². The smallest absolute Gasteiger partial charge is 0.262 e. The molecule has 0 saturated heterocycles. The fourth-order valence-corrected chi connectivity index (χ4v) is 3.81. The molecule has 0 bridgehead atoms. The molecule has 0 unspecified atom stereocenters. The molecule has 4 rings (SSSR count). The molecule has 5 nitrogen and oxygen atoms in total. The molecule has 3 aromatic carbocycles. The van der Waals surface area contributed by atoms with E-state index in [9.17, 15) is 9.59 Å². The number of anilines is 2.